The first kappa shape index (κ1) is 20.4. The molecule has 1 aliphatic heterocycles. The Balaban J connectivity index is 1.38. The first-order valence-electron chi connectivity index (χ1n) is 10.1. The second-order valence-corrected chi connectivity index (χ2v) is 7.94. The van der Waals surface area contributed by atoms with Gasteiger partial charge in [-0.3, -0.25) is 19.8 Å². The lowest BCUT2D eigenvalue weighted by molar-refractivity contribution is -0.121. The summed E-state index contributed by atoms with van der Waals surface area (Å²) in [5.41, 5.74) is 0. The zero-order valence-corrected chi connectivity index (χ0v) is 16.6. The van der Waals surface area contributed by atoms with E-state index in [2.05, 4.69) is 24.5 Å². The molecule has 1 saturated heterocycles. The second kappa shape index (κ2) is 9.23. The molecule has 154 valence electrons. The minimum Gasteiger partial charge on any atom is -0.459 e. The van der Waals surface area contributed by atoms with Crippen LogP contribution in [0, 0.1) is 11.8 Å². The van der Waals surface area contributed by atoms with Crippen molar-refractivity contribution in [1.29, 1.82) is 0 Å². The van der Waals surface area contributed by atoms with Crippen molar-refractivity contribution < 1.29 is 18.8 Å². The molecule has 1 aromatic heterocycles. The number of nitrogens with one attached hydrogen (secondary N) is 2. The molecular weight excluding hydrogens is 360 g/mol. The van der Waals surface area contributed by atoms with Crippen LogP contribution in [0.2, 0.25) is 0 Å². The maximum atomic E-state index is 12.3. The van der Waals surface area contributed by atoms with Crippen LogP contribution in [0.3, 0.4) is 0 Å². The van der Waals surface area contributed by atoms with Crippen LogP contribution in [0.15, 0.2) is 22.8 Å². The highest BCUT2D eigenvalue weighted by molar-refractivity contribution is 5.95. The summed E-state index contributed by atoms with van der Waals surface area (Å²) in [5.74, 6) is 0.863. The Morgan fingerprint density at radius 2 is 1.89 bits per heavy atom. The Morgan fingerprint density at radius 3 is 2.57 bits per heavy atom. The molecule has 28 heavy (non-hydrogen) atoms. The molecule has 8 nitrogen and oxygen atoms in total. The van der Waals surface area contributed by atoms with Crippen molar-refractivity contribution in [3.8, 4) is 0 Å². The van der Waals surface area contributed by atoms with Gasteiger partial charge in [0.25, 0.3) is 5.91 Å². The zero-order chi connectivity index (χ0) is 20.1. The average molecular weight is 390 g/mol. The van der Waals surface area contributed by atoms with Gasteiger partial charge in [0.2, 0.25) is 5.91 Å². The Labute approximate surface area is 165 Å². The fourth-order valence-electron chi connectivity index (χ4n) is 4.02. The number of hydrogen-bond donors (Lipinski definition) is 2. The number of furan rings is 1. The lowest BCUT2D eigenvalue weighted by atomic mass is 9.78. The highest BCUT2D eigenvalue weighted by atomic mass is 16.3. The van der Waals surface area contributed by atoms with Crippen molar-refractivity contribution in [2.24, 2.45) is 11.8 Å². The minimum absolute atomic E-state index is 0.118. The molecule has 4 amide bonds. The van der Waals surface area contributed by atoms with Gasteiger partial charge in [-0.1, -0.05) is 26.7 Å². The fraction of sp³-hybridized carbons (Fsp3) is 0.650. The molecule has 0 aromatic carbocycles. The van der Waals surface area contributed by atoms with Gasteiger partial charge in [-0.05, 0) is 30.4 Å². The molecule has 1 saturated carbocycles. The van der Waals surface area contributed by atoms with E-state index >= 15 is 0 Å². The van der Waals surface area contributed by atoms with Gasteiger partial charge in [0.05, 0.1) is 12.8 Å². The Kier molecular flexibility index (Phi) is 6.72. The van der Waals surface area contributed by atoms with Crippen molar-refractivity contribution in [1.82, 2.24) is 20.4 Å². The summed E-state index contributed by atoms with van der Waals surface area (Å²) >= 11 is 0. The summed E-state index contributed by atoms with van der Waals surface area (Å²) in [6.45, 7) is 6.72. The molecule has 0 spiro atoms. The quantitative estimate of drug-likeness (QED) is 0.816. The van der Waals surface area contributed by atoms with Crippen molar-refractivity contribution in [2.45, 2.75) is 39.2 Å². The number of nitrogens with zero attached hydrogens (tertiary/aromatic N) is 2. The number of hydrogen-bond acceptors (Lipinski definition) is 5. The van der Waals surface area contributed by atoms with E-state index in [4.69, 9.17) is 4.42 Å². The van der Waals surface area contributed by atoms with Crippen molar-refractivity contribution in [3.63, 3.8) is 0 Å². The van der Waals surface area contributed by atoms with Gasteiger partial charge in [0.15, 0.2) is 5.76 Å². The Bertz CT molecular complexity index is 682. The number of carbonyl (C=O) groups is 3. The number of piperazine rings is 1. The van der Waals surface area contributed by atoms with E-state index in [1.54, 1.807) is 17.0 Å². The maximum absolute atomic E-state index is 12.3. The van der Waals surface area contributed by atoms with Crippen LogP contribution in [0.1, 0.15) is 43.7 Å². The lowest BCUT2D eigenvalue weighted by Crippen LogP contribution is -2.53. The highest BCUT2D eigenvalue weighted by Gasteiger charge is 2.29. The molecule has 2 heterocycles. The highest BCUT2D eigenvalue weighted by Crippen LogP contribution is 2.29. The molecule has 2 aliphatic rings. The van der Waals surface area contributed by atoms with E-state index < -0.39 is 6.03 Å². The molecule has 1 aromatic rings. The van der Waals surface area contributed by atoms with Gasteiger partial charge in [0.1, 0.15) is 0 Å². The molecule has 2 fully saturated rings. The standard InChI is InChI=1S/C20H30N4O4/c1-14-5-3-6-16(15(14)2)21-20(27)22-18(25)13-23-8-10-24(11-9-23)19(26)17-7-4-12-28-17/h4,7,12,14-16H,3,5-6,8-11,13H2,1-2H3,(H2,21,22,25,27)/t14-,15+,16-/m1/s1. The van der Waals surface area contributed by atoms with Gasteiger partial charge in [-0.2, -0.15) is 0 Å². The minimum atomic E-state index is -0.414. The number of imide groups is 1. The van der Waals surface area contributed by atoms with E-state index in [-0.39, 0.29) is 24.4 Å². The second-order valence-electron chi connectivity index (χ2n) is 7.94. The molecule has 2 N–H and O–H groups in total. The van der Waals surface area contributed by atoms with Gasteiger partial charge in [0, 0.05) is 32.2 Å². The van der Waals surface area contributed by atoms with Crippen molar-refractivity contribution in [3.05, 3.63) is 24.2 Å². The smallest absolute Gasteiger partial charge is 0.321 e. The summed E-state index contributed by atoms with van der Waals surface area (Å²) < 4.78 is 5.15. The van der Waals surface area contributed by atoms with Crippen molar-refractivity contribution >= 4 is 17.8 Å². The number of amides is 4. The number of urea groups is 1. The normalized spacial score (nSPS) is 25.9. The molecule has 0 unspecified atom stereocenters. The predicted octanol–water partition coefficient (Wildman–Crippen LogP) is 1.69. The fourth-order valence-corrected chi connectivity index (χ4v) is 4.02. The molecule has 0 bridgehead atoms. The van der Waals surface area contributed by atoms with E-state index in [1.165, 1.54) is 12.7 Å². The van der Waals surface area contributed by atoms with E-state index in [1.807, 2.05) is 4.90 Å². The lowest BCUT2D eigenvalue weighted by Gasteiger charge is -2.35. The molecule has 1 aliphatic carbocycles. The summed E-state index contributed by atoms with van der Waals surface area (Å²) in [4.78, 5) is 40.3. The first-order valence-corrected chi connectivity index (χ1v) is 10.1. The third-order valence-electron chi connectivity index (χ3n) is 6.03. The monoisotopic (exact) mass is 390 g/mol. The Morgan fingerprint density at radius 1 is 1.14 bits per heavy atom. The SMILES string of the molecule is C[C@H]1[C@H](C)CCC[C@H]1NC(=O)NC(=O)CN1CCN(C(=O)c2ccco2)CC1. The topological polar surface area (TPSA) is 94.9 Å². The molecular formula is C20H30N4O4. The summed E-state index contributed by atoms with van der Waals surface area (Å²) in [7, 11) is 0. The molecule has 0 radical (unpaired) electrons. The van der Waals surface area contributed by atoms with E-state index in [9.17, 15) is 14.4 Å². The molecule has 3 rings (SSSR count). The summed E-state index contributed by atoms with van der Waals surface area (Å²) in [5, 5.41) is 5.39. The van der Waals surface area contributed by atoms with E-state index in [0.29, 0.717) is 43.8 Å². The van der Waals surface area contributed by atoms with Crippen LogP contribution >= 0.6 is 0 Å². The largest absolute Gasteiger partial charge is 0.459 e. The van der Waals surface area contributed by atoms with Crippen LogP contribution < -0.4 is 10.6 Å². The average Bonchev–Trinajstić information content (AvgIpc) is 3.20. The van der Waals surface area contributed by atoms with Gasteiger partial charge >= 0.3 is 6.03 Å². The first-order chi connectivity index (χ1) is 13.4. The van der Waals surface area contributed by atoms with Crippen LogP contribution in [0.25, 0.3) is 0 Å². The third kappa shape index (κ3) is 5.13. The zero-order valence-electron chi connectivity index (χ0n) is 16.6. The van der Waals surface area contributed by atoms with Crippen LogP contribution in [0.4, 0.5) is 4.79 Å². The van der Waals surface area contributed by atoms with Gasteiger partial charge in [-0.15, -0.1) is 0 Å². The number of carbonyl (C=O) groups excluding carboxylic acids is 3. The summed E-state index contributed by atoms with van der Waals surface area (Å²) in [6.07, 6.45) is 4.73. The van der Waals surface area contributed by atoms with Crippen LogP contribution in [-0.2, 0) is 4.79 Å². The number of rotatable bonds is 4. The van der Waals surface area contributed by atoms with Gasteiger partial charge < -0.3 is 14.6 Å². The van der Waals surface area contributed by atoms with E-state index in [0.717, 1.165) is 12.8 Å². The van der Waals surface area contributed by atoms with Crippen molar-refractivity contribution in [2.75, 3.05) is 32.7 Å². The van der Waals surface area contributed by atoms with Gasteiger partial charge in [-0.25, -0.2) is 4.79 Å². The third-order valence-corrected chi connectivity index (χ3v) is 6.03. The molecule has 8 heteroatoms. The Hall–Kier alpha value is -2.35. The maximum Gasteiger partial charge on any atom is 0.321 e. The molecule has 3 atom stereocenters. The van der Waals surface area contributed by atoms with Crippen LogP contribution in [-0.4, -0.2) is 66.4 Å². The summed E-state index contributed by atoms with van der Waals surface area (Å²) in [6, 6.07) is 3.04. The predicted molar refractivity (Wildman–Crippen MR) is 104 cm³/mol. The van der Waals surface area contributed by atoms with Crippen LogP contribution in [0.5, 0.6) is 0 Å².